The Balaban J connectivity index is 1.79. The second-order valence-corrected chi connectivity index (χ2v) is 7.90. The highest BCUT2D eigenvalue weighted by Gasteiger charge is 2.23. The highest BCUT2D eigenvalue weighted by Crippen LogP contribution is 2.28. The normalized spacial score (nSPS) is 17.8. The fourth-order valence-corrected chi connectivity index (χ4v) is 4.00. The van der Waals surface area contributed by atoms with Gasteiger partial charge in [-0.15, -0.1) is 0 Å². The summed E-state index contributed by atoms with van der Waals surface area (Å²) in [5.74, 6) is 0. The lowest BCUT2D eigenvalue weighted by Gasteiger charge is -2.34. The maximum atomic E-state index is 11.5. The van der Waals surface area contributed by atoms with Crippen molar-refractivity contribution in [2.75, 3.05) is 43.1 Å². The number of benzene rings is 1. The lowest BCUT2D eigenvalue weighted by molar-refractivity contribution is 0.388. The van der Waals surface area contributed by atoms with Gasteiger partial charge in [0.05, 0.1) is 16.5 Å². The van der Waals surface area contributed by atoms with Gasteiger partial charge in [0, 0.05) is 31.9 Å². The van der Waals surface area contributed by atoms with Crippen LogP contribution in [-0.4, -0.2) is 50.1 Å². The van der Waals surface area contributed by atoms with Gasteiger partial charge in [-0.05, 0) is 18.2 Å². The molecule has 0 saturated carbocycles. The van der Waals surface area contributed by atoms with E-state index < -0.39 is 10.0 Å². The predicted molar refractivity (Wildman–Crippen MR) is 82.7 cm³/mol. The van der Waals surface area contributed by atoms with E-state index in [1.807, 2.05) is 12.1 Å². The summed E-state index contributed by atoms with van der Waals surface area (Å²) in [6.45, 7) is 2.46. The van der Waals surface area contributed by atoms with E-state index in [0.717, 1.165) is 15.9 Å². The second kappa shape index (κ2) is 4.87. The van der Waals surface area contributed by atoms with Crippen LogP contribution in [0.1, 0.15) is 0 Å². The number of piperazine rings is 1. The molecule has 6 nitrogen and oxygen atoms in total. The van der Waals surface area contributed by atoms with Gasteiger partial charge in [0.15, 0.2) is 5.13 Å². The smallest absolute Gasteiger partial charge is 0.211 e. The Bertz CT molecular complexity index is 733. The van der Waals surface area contributed by atoms with E-state index in [1.54, 1.807) is 0 Å². The first-order chi connectivity index (χ1) is 9.43. The van der Waals surface area contributed by atoms with Crippen molar-refractivity contribution < 1.29 is 8.42 Å². The predicted octanol–water partition coefficient (Wildman–Crippen LogP) is 0.960. The molecule has 3 rings (SSSR count). The lowest BCUT2D eigenvalue weighted by Crippen LogP contribution is -2.48. The Morgan fingerprint density at radius 2 is 1.95 bits per heavy atom. The van der Waals surface area contributed by atoms with Gasteiger partial charge in [-0.3, -0.25) is 0 Å². The van der Waals surface area contributed by atoms with E-state index in [9.17, 15) is 8.42 Å². The fourth-order valence-electron chi connectivity index (χ4n) is 2.41. The molecule has 1 fully saturated rings. The lowest BCUT2D eigenvalue weighted by atomic mass is 10.2. The number of sulfonamides is 1. The van der Waals surface area contributed by atoms with Crippen LogP contribution in [0.4, 0.5) is 10.8 Å². The van der Waals surface area contributed by atoms with Crippen molar-refractivity contribution in [2.24, 2.45) is 0 Å². The Kier molecular flexibility index (Phi) is 3.31. The molecule has 1 aromatic carbocycles. The highest BCUT2D eigenvalue weighted by molar-refractivity contribution is 7.88. The molecule has 0 unspecified atom stereocenters. The van der Waals surface area contributed by atoms with Gasteiger partial charge in [0.2, 0.25) is 10.0 Å². The molecule has 8 heteroatoms. The zero-order valence-electron chi connectivity index (χ0n) is 11.1. The summed E-state index contributed by atoms with van der Waals surface area (Å²) in [4.78, 5) is 6.43. The summed E-state index contributed by atoms with van der Waals surface area (Å²) >= 11 is 1.47. The molecule has 0 bridgehead atoms. The van der Waals surface area contributed by atoms with Crippen LogP contribution in [0, 0.1) is 0 Å². The van der Waals surface area contributed by atoms with Gasteiger partial charge in [-0.1, -0.05) is 11.3 Å². The number of nitrogen functional groups attached to an aromatic ring is 1. The molecule has 2 aromatic rings. The average molecular weight is 312 g/mol. The van der Waals surface area contributed by atoms with E-state index in [-0.39, 0.29) is 0 Å². The summed E-state index contributed by atoms with van der Waals surface area (Å²) in [6, 6.07) is 6.04. The molecule has 1 aromatic heterocycles. The van der Waals surface area contributed by atoms with Crippen LogP contribution >= 0.6 is 11.3 Å². The van der Waals surface area contributed by atoms with Gasteiger partial charge >= 0.3 is 0 Å². The van der Waals surface area contributed by atoms with Crippen molar-refractivity contribution in [3.63, 3.8) is 0 Å². The number of nitrogens with zero attached hydrogens (tertiary/aromatic N) is 3. The quantitative estimate of drug-likeness (QED) is 0.893. The van der Waals surface area contributed by atoms with Crippen molar-refractivity contribution in [2.45, 2.75) is 0 Å². The van der Waals surface area contributed by atoms with Crippen LogP contribution in [0.3, 0.4) is 0 Å². The second-order valence-electron chi connectivity index (χ2n) is 4.85. The number of anilines is 2. The third-order valence-corrected chi connectivity index (χ3v) is 5.61. The first-order valence-electron chi connectivity index (χ1n) is 6.29. The fraction of sp³-hybridized carbons (Fsp3) is 0.417. The van der Waals surface area contributed by atoms with Crippen LogP contribution < -0.4 is 10.6 Å². The van der Waals surface area contributed by atoms with E-state index in [4.69, 9.17) is 5.73 Å². The Morgan fingerprint density at radius 1 is 1.25 bits per heavy atom. The van der Waals surface area contributed by atoms with E-state index in [1.165, 1.54) is 21.9 Å². The molecule has 0 amide bonds. The van der Waals surface area contributed by atoms with E-state index in [2.05, 4.69) is 16.0 Å². The van der Waals surface area contributed by atoms with Crippen LogP contribution in [-0.2, 0) is 10.0 Å². The molecule has 2 heterocycles. The maximum Gasteiger partial charge on any atom is 0.211 e. The molecule has 1 aliphatic rings. The van der Waals surface area contributed by atoms with Crippen molar-refractivity contribution in [3.05, 3.63) is 18.2 Å². The molecule has 108 valence electrons. The van der Waals surface area contributed by atoms with Gasteiger partial charge < -0.3 is 10.6 Å². The number of rotatable bonds is 2. The molecule has 0 aliphatic carbocycles. The molecule has 1 saturated heterocycles. The summed E-state index contributed by atoms with van der Waals surface area (Å²) in [7, 11) is -3.08. The minimum Gasteiger partial charge on any atom is -0.375 e. The first-order valence-corrected chi connectivity index (χ1v) is 8.96. The largest absolute Gasteiger partial charge is 0.375 e. The van der Waals surface area contributed by atoms with Gasteiger partial charge in [-0.25, -0.2) is 13.4 Å². The molecule has 0 radical (unpaired) electrons. The summed E-state index contributed by atoms with van der Waals surface area (Å²) < 4.78 is 25.6. The van der Waals surface area contributed by atoms with Crippen LogP contribution in [0.2, 0.25) is 0 Å². The van der Waals surface area contributed by atoms with Crippen LogP contribution in [0.5, 0.6) is 0 Å². The Labute approximate surface area is 121 Å². The third-order valence-electron chi connectivity index (χ3n) is 3.46. The molecule has 1 aliphatic heterocycles. The topological polar surface area (TPSA) is 79.5 Å². The van der Waals surface area contributed by atoms with Crippen molar-refractivity contribution >= 4 is 42.4 Å². The Hall–Kier alpha value is -1.38. The molecular weight excluding hydrogens is 296 g/mol. The number of thiazole rings is 1. The maximum absolute atomic E-state index is 11.5. The van der Waals surface area contributed by atoms with Crippen molar-refractivity contribution in [1.29, 1.82) is 0 Å². The zero-order valence-corrected chi connectivity index (χ0v) is 12.7. The monoisotopic (exact) mass is 312 g/mol. The summed E-state index contributed by atoms with van der Waals surface area (Å²) in [5, 5.41) is 0.569. The number of nitrogens with two attached hydrogens (primary N) is 1. The SMILES string of the molecule is CS(=O)(=O)N1CCN(c2ccc3nc(N)sc3c2)CC1. The van der Waals surface area contributed by atoms with Crippen LogP contribution in [0.25, 0.3) is 10.2 Å². The summed E-state index contributed by atoms with van der Waals surface area (Å²) in [5.41, 5.74) is 7.71. The zero-order chi connectivity index (χ0) is 14.3. The number of hydrogen-bond donors (Lipinski definition) is 1. The van der Waals surface area contributed by atoms with E-state index >= 15 is 0 Å². The molecule has 0 spiro atoms. The molecule has 2 N–H and O–H groups in total. The van der Waals surface area contributed by atoms with Gasteiger partial charge in [0.1, 0.15) is 0 Å². The minimum atomic E-state index is -3.08. The third kappa shape index (κ3) is 2.58. The van der Waals surface area contributed by atoms with E-state index in [0.29, 0.717) is 31.3 Å². The van der Waals surface area contributed by atoms with Crippen LogP contribution in [0.15, 0.2) is 18.2 Å². The highest BCUT2D eigenvalue weighted by atomic mass is 32.2. The first kappa shape index (κ1) is 13.6. The van der Waals surface area contributed by atoms with Gasteiger partial charge in [-0.2, -0.15) is 4.31 Å². The van der Waals surface area contributed by atoms with Crippen molar-refractivity contribution in [1.82, 2.24) is 9.29 Å². The molecular formula is C12H16N4O2S2. The van der Waals surface area contributed by atoms with Gasteiger partial charge in [0.25, 0.3) is 0 Å². The number of fused-ring (bicyclic) bond motifs is 1. The number of hydrogen-bond acceptors (Lipinski definition) is 6. The minimum absolute atomic E-state index is 0.529. The number of aromatic nitrogens is 1. The molecule has 0 atom stereocenters. The summed E-state index contributed by atoms with van der Waals surface area (Å²) in [6.07, 6.45) is 1.26. The van der Waals surface area contributed by atoms with Crippen molar-refractivity contribution in [3.8, 4) is 0 Å². The standard InChI is InChI=1S/C12H16N4O2S2/c1-20(17,18)16-6-4-15(5-7-16)9-2-3-10-11(8-9)19-12(13)14-10/h2-3,8H,4-7H2,1H3,(H2,13,14). The molecule has 20 heavy (non-hydrogen) atoms. The average Bonchev–Trinajstić information content (AvgIpc) is 2.77. The Morgan fingerprint density at radius 3 is 2.60 bits per heavy atom.